The third-order valence-electron chi connectivity index (χ3n) is 4.77. The Kier molecular flexibility index (Phi) is 8.21. The average Bonchev–Trinajstić information content (AvgIpc) is 3.16. The molecule has 1 aromatic heterocycles. The van der Waals surface area contributed by atoms with Gasteiger partial charge in [0.25, 0.3) is 0 Å². The molecule has 2 heterocycles. The molecule has 7 nitrogen and oxygen atoms in total. The molecule has 1 aliphatic heterocycles. The number of benzene rings is 1. The highest BCUT2D eigenvalue weighted by Crippen LogP contribution is 2.20. The van der Waals surface area contributed by atoms with Gasteiger partial charge in [0.05, 0.1) is 12.0 Å². The number of carbonyl (C=O) groups excluding carboxylic acids is 1. The lowest BCUT2D eigenvalue weighted by molar-refractivity contribution is -0.119. The quantitative estimate of drug-likeness (QED) is 0.375. The normalized spacial score (nSPS) is 17.1. The van der Waals surface area contributed by atoms with Crippen molar-refractivity contribution in [2.24, 2.45) is 16.6 Å². The second kappa shape index (κ2) is 10.4. The van der Waals surface area contributed by atoms with Gasteiger partial charge in [-0.3, -0.25) is 9.79 Å². The molecule has 152 valence electrons. The van der Waals surface area contributed by atoms with Gasteiger partial charge in [-0.15, -0.1) is 24.0 Å². The van der Waals surface area contributed by atoms with Gasteiger partial charge in [0.15, 0.2) is 5.96 Å². The minimum atomic E-state index is -0.304. The van der Waals surface area contributed by atoms with Crippen molar-refractivity contribution in [3.05, 3.63) is 48.3 Å². The summed E-state index contributed by atoms with van der Waals surface area (Å²) in [5.41, 5.74) is 6.62. The summed E-state index contributed by atoms with van der Waals surface area (Å²) in [4.78, 5) is 21.6. The number of primary amides is 1. The molecule has 2 aromatic rings. The van der Waals surface area contributed by atoms with Crippen molar-refractivity contribution in [1.82, 2.24) is 19.8 Å². The van der Waals surface area contributed by atoms with E-state index >= 15 is 0 Å². The molecule has 1 unspecified atom stereocenters. The summed E-state index contributed by atoms with van der Waals surface area (Å²) in [7, 11) is 1.72. The van der Waals surface area contributed by atoms with Crippen LogP contribution in [0.5, 0.6) is 0 Å². The van der Waals surface area contributed by atoms with E-state index in [-0.39, 0.29) is 41.6 Å². The molecule has 0 radical (unpaired) electrons. The molecule has 1 saturated heterocycles. The zero-order valence-electron chi connectivity index (χ0n) is 15.8. The number of piperidine rings is 1. The first-order valence-electron chi connectivity index (χ1n) is 9.07. The summed E-state index contributed by atoms with van der Waals surface area (Å²) >= 11 is 0. The van der Waals surface area contributed by atoms with Gasteiger partial charge in [0.1, 0.15) is 5.82 Å². The summed E-state index contributed by atoms with van der Waals surface area (Å²) in [5.74, 6) is 0.435. The molecule has 1 aliphatic rings. The van der Waals surface area contributed by atoms with Gasteiger partial charge in [0, 0.05) is 45.5 Å². The van der Waals surface area contributed by atoms with Gasteiger partial charge in [-0.05, 0) is 36.5 Å². The minimum absolute atomic E-state index is 0. The highest BCUT2D eigenvalue weighted by Gasteiger charge is 2.23. The fourth-order valence-corrected chi connectivity index (χ4v) is 3.49. The highest BCUT2D eigenvalue weighted by atomic mass is 127. The molecule has 3 rings (SSSR count). The van der Waals surface area contributed by atoms with Crippen molar-refractivity contribution in [2.45, 2.75) is 25.8 Å². The summed E-state index contributed by atoms with van der Waals surface area (Å²) in [5, 5.41) is 3.28. The van der Waals surface area contributed by atoms with E-state index in [1.807, 2.05) is 6.07 Å². The van der Waals surface area contributed by atoms with Crippen LogP contribution < -0.4 is 11.1 Å². The number of hydrogen-bond donors (Lipinski definition) is 2. The van der Waals surface area contributed by atoms with Crippen LogP contribution in [-0.4, -0.2) is 46.5 Å². The number of aromatic nitrogens is 2. The van der Waals surface area contributed by atoms with E-state index in [0.29, 0.717) is 18.7 Å². The molecular formula is C19H26FIN6O. The SMILES string of the molecule is CN=C(NCc1ccc(-n2ccnc2)c(F)c1)N1CCCC(CC(N)=O)C1.I. The van der Waals surface area contributed by atoms with Gasteiger partial charge < -0.3 is 20.5 Å². The topological polar surface area (TPSA) is 88.5 Å². The Morgan fingerprint density at radius 3 is 2.93 bits per heavy atom. The van der Waals surface area contributed by atoms with E-state index in [9.17, 15) is 9.18 Å². The maximum atomic E-state index is 14.4. The lowest BCUT2D eigenvalue weighted by Gasteiger charge is -2.34. The number of nitrogens with two attached hydrogens (primary N) is 1. The summed E-state index contributed by atoms with van der Waals surface area (Å²) in [6.45, 7) is 2.09. The van der Waals surface area contributed by atoms with Gasteiger partial charge in [0.2, 0.25) is 5.91 Å². The van der Waals surface area contributed by atoms with Gasteiger partial charge in [-0.1, -0.05) is 6.07 Å². The van der Waals surface area contributed by atoms with Crippen LogP contribution in [0.4, 0.5) is 4.39 Å². The van der Waals surface area contributed by atoms with E-state index in [1.165, 1.54) is 6.07 Å². The Hall–Kier alpha value is -2.17. The Morgan fingerprint density at radius 1 is 1.46 bits per heavy atom. The Balaban J connectivity index is 0.00000280. The van der Waals surface area contributed by atoms with Crippen molar-refractivity contribution >= 4 is 35.8 Å². The second-order valence-corrected chi connectivity index (χ2v) is 6.78. The van der Waals surface area contributed by atoms with Gasteiger partial charge in [-0.2, -0.15) is 0 Å². The zero-order valence-corrected chi connectivity index (χ0v) is 18.2. The molecule has 0 bridgehead atoms. The van der Waals surface area contributed by atoms with Crippen LogP contribution >= 0.6 is 24.0 Å². The zero-order chi connectivity index (χ0) is 19.2. The first-order valence-corrected chi connectivity index (χ1v) is 9.07. The Morgan fingerprint density at radius 2 is 2.29 bits per heavy atom. The van der Waals surface area contributed by atoms with Crippen LogP contribution in [0.2, 0.25) is 0 Å². The van der Waals surface area contributed by atoms with Crippen molar-refractivity contribution in [3.63, 3.8) is 0 Å². The monoisotopic (exact) mass is 500 g/mol. The van der Waals surface area contributed by atoms with E-state index in [4.69, 9.17) is 5.73 Å². The van der Waals surface area contributed by atoms with Gasteiger partial charge >= 0.3 is 0 Å². The van der Waals surface area contributed by atoms with E-state index in [2.05, 4.69) is 20.2 Å². The number of hydrogen-bond acceptors (Lipinski definition) is 3. The lowest BCUT2D eigenvalue weighted by Crippen LogP contribution is -2.46. The van der Waals surface area contributed by atoms with Crippen LogP contribution in [0.3, 0.4) is 0 Å². The molecule has 1 aromatic carbocycles. The first kappa shape index (κ1) is 22.1. The predicted octanol–water partition coefficient (Wildman–Crippen LogP) is 2.29. The van der Waals surface area contributed by atoms with Crippen molar-refractivity contribution in [1.29, 1.82) is 0 Å². The maximum Gasteiger partial charge on any atom is 0.217 e. The molecule has 1 atom stereocenters. The lowest BCUT2D eigenvalue weighted by atomic mass is 9.95. The number of imidazole rings is 1. The molecule has 3 N–H and O–H groups in total. The third-order valence-corrected chi connectivity index (χ3v) is 4.77. The van der Waals surface area contributed by atoms with Crippen molar-refractivity contribution in [3.8, 4) is 5.69 Å². The molecule has 0 saturated carbocycles. The number of nitrogens with zero attached hydrogens (tertiary/aromatic N) is 4. The predicted molar refractivity (Wildman–Crippen MR) is 117 cm³/mol. The van der Waals surface area contributed by atoms with Crippen molar-refractivity contribution < 1.29 is 9.18 Å². The molecule has 1 fully saturated rings. The highest BCUT2D eigenvalue weighted by molar-refractivity contribution is 14.0. The van der Waals surface area contributed by atoms with Crippen LogP contribution in [0, 0.1) is 11.7 Å². The summed E-state index contributed by atoms with van der Waals surface area (Å²) in [6.07, 6.45) is 7.27. The second-order valence-electron chi connectivity index (χ2n) is 6.78. The van der Waals surface area contributed by atoms with E-state index in [0.717, 1.165) is 37.5 Å². The number of nitrogens with one attached hydrogen (secondary N) is 1. The number of amides is 1. The smallest absolute Gasteiger partial charge is 0.217 e. The summed E-state index contributed by atoms with van der Waals surface area (Å²) in [6, 6.07) is 5.13. The molecule has 28 heavy (non-hydrogen) atoms. The molecule has 1 amide bonds. The largest absolute Gasteiger partial charge is 0.370 e. The van der Waals surface area contributed by atoms with Crippen LogP contribution in [0.15, 0.2) is 41.9 Å². The first-order chi connectivity index (χ1) is 13.1. The Bertz CT molecular complexity index is 811. The van der Waals surface area contributed by atoms with Crippen LogP contribution in [0.25, 0.3) is 5.69 Å². The number of halogens is 2. The fourth-order valence-electron chi connectivity index (χ4n) is 3.49. The molecular weight excluding hydrogens is 474 g/mol. The standard InChI is InChI=1S/C19H25FN6O.HI/c1-22-19(25-7-2-3-15(12-25)10-18(21)27)24-11-14-4-5-17(16(20)9-14)26-8-6-23-13-26;/h4-6,8-9,13,15H,2-3,7,10-12H2,1H3,(H2,21,27)(H,22,24);1H. The fraction of sp³-hybridized carbons (Fsp3) is 0.421. The number of rotatable bonds is 5. The molecule has 0 spiro atoms. The molecule has 9 heteroatoms. The summed E-state index contributed by atoms with van der Waals surface area (Å²) < 4.78 is 16.0. The van der Waals surface area contributed by atoms with Crippen molar-refractivity contribution in [2.75, 3.05) is 20.1 Å². The molecule has 0 aliphatic carbocycles. The number of carbonyl (C=O) groups is 1. The number of aliphatic imine (C=N–C) groups is 1. The van der Waals surface area contributed by atoms with Gasteiger partial charge in [-0.25, -0.2) is 9.37 Å². The number of guanidine groups is 1. The van der Waals surface area contributed by atoms with Crippen LogP contribution in [-0.2, 0) is 11.3 Å². The average molecular weight is 500 g/mol. The Labute approximate surface area is 181 Å². The third kappa shape index (κ3) is 5.66. The van der Waals surface area contributed by atoms with E-state index < -0.39 is 0 Å². The van der Waals surface area contributed by atoms with Crippen LogP contribution in [0.1, 0.15) is 24.8 Å². The number of likely N-dealkylation sites (tertiary alicyclic amines) is 1. The minimum Gasteiger partial charge on any atom is -0.370 e. The maximum absolute atomic E-state index is 14.4. The van der Waals surface area contributed by atoms with E-state index in [1.54, 1.807) is 36.4 Å².